The highest BCUT2D eigenvalue weighted by atomic mass is 16.6. The number of nitrogens with zero attached hydrogens (tertiary/aromatic N) is 8. The molecule has 12 aromatic rings. The highest BCUT2D eigenvalue weighted by molar-refractivity contribution is 6.75. The summed E-state index contributed by atoms with van der Waals surface area (Å²) in [7, 11) is 0. The van der Waals surface area contributed by atoms with E-state index in [0.29, 0.717) is 61.0 Å². The van der Waals surface area contributed by atoms with Crippen LogP contribution in [-0.4, -0.2) is 65.9 Å². The summed E-state index contributed by atoms with van der Waals surface area (Å²) in [6.45, 7) is 27.1. The van der Waals surface area contributed by atoms with Crippen molar-refractivity contribution in [2.24, 2.45) is 20.5 Å². The Morgan fingerprint density at radius 1 is 0.343 bits per heavy atom. The molecule has 0 N–H and O–H groups in total. The molecule has 0 aromatic heterocycles. The van der Waals surface area contributed by atoms with Gasteiger partial charge in [-0.25, -0.2) is 4.79 Å². The van der Waals surface area contributed by atoms with E-state index < -0.39 is 20.4 Å². The Labute approximate surface area is 615 Å². The zero-order valence-electron chi connectivity index (χ0n) is 60.4. The lowest BCUT2D eigenvalue weighted by Crippen LogP contribution is -2.32. The summed E-state index contributed by atoms with van der Waals surface area (Å²) in [6, 6.07) is 79.9. The van der Waals surface area contributed by atoms with E-state index in [1.54, 1.807) is 48.5 Å². The SMILES string of the molecule is C.CB(C)c1c([N+](=O)[O-])cc([N+](=O)[O-])c2ccccc12.CB(C)c1ccc(C2(c3ccc(B(C)C)cc3)OC(=O)c3ccccc32)cc1.CB(C)c1ccc([N+](=O)[O-])cc1.CB(C)c1ccc2ccccc2c1N=Nc1ccc([N+](=O)[O-])cc1.CB(C)c1ccc2ccccc2c1N=Nc1ccccc1. The molecule has 1 aliphatic rings. The number of benzene rings is 12. The van der Waals surface area contributed by atoms with Gasteiger partial charge in [0.15, 0.2) is 45.9 Å². The van der Waals surface area contributed by atoms with Crippen molar-refractivity contribution in [3.8, 4) is 0 Å². The van der Waals surface area contributed by atoms with Crippen molar-refractivity contribution in [3.63, 3.8) is 0 Å². The fourth-order valence-corrected chi connectivity index (χ4v) is 12.3. The number of azo groups is 2. The van der Waals surface area contributed by atoms with Crippen LogP contribution < -0.4 is 32.8 Å². The van der Waals surface area contributed by atoms with E-state index in [-0.39, 0.29) is 47.8 Å². The maximum absolute atomic E-state index is 12.8. The average molecular weight is 1390 g/mol. The van der Waals surface area contributed by atoms with Gasteiger partial charge in [-0.1, -0.05) is 305 Å². The third-order valence-electron chi connectivity index (χ3n) is 18.0. The van der Waals surface area contributed by atoms with Gasteiger partial charge in [0.2, 0.25) is 0 Å². The third-order valence-corrected chi connectivity index (χ3v) is 18.0. The van der Waals surface area contributed by atoms with Crippen molar-refractivity contribution in [1.29, 1.82) is 0 Å². The monoisotopic (exact) mass is 1390 g/mol. The molecule has 0 saturated carbocycles. The number of cyclic esters (lactones) is 1. The molecule has 105 heavy (non-hydrogen) atoms. The van der Waals surface area contributed by atoms with Crippen LogP contribution >= 0.6 is 0 Å². The second-order valence-corrected chi connectivity index (χ2v) is 27.0. The zero-order valence-corrected chi connectivity index (χ0v) is 60.4. The molecule has 1 aliphatic heterocycles. The van der Waals surface area contributed by atoms with Crippen molar-refractivity contribution in [3.05, 3.63) is 317 Å². The molecule has 13 rings (SSSR count). The van der Waals surface area contributed by atoms with Crippen LogP contribution in [0.25, 0.3) is 32.3 Å². The number of ether oxygens (including phenoxy) is 1. The van der Waals surface area contributed by atoms with E-state index >= 15 is 0 Å². The van der Waals surface area contributed by atoms with Crippen LogP contribution in [-0.2, 0) is 10.3 Å². The predicted octanol–water partition coefficient (Wildman–Crippen LogP) is 19.2. The molecular weight excluding hydrogens is 1310 g/mol. The van der Waals surface area contributed by atoms with Gasteiger partial charge < -0.3 is 4.74 Å². The summed E-state index contributed by atoms with van der Waals surface area (Å²) in [5.41, 5.74) is 12.2. The number of carbonyl (C=O) groups excluding carboxylic acids is 1. The van der Waals surface area contributed by atoms with Crippen LogP contribution in [0.5, 0.6) is 0 Å². The van der Waals surface area contributed by atoms with E-state index in [2.05, 4.69) is 180 Å². The Morgan fingerprint density at radius 3 is 1.12 bits per heavy atom. The van der Waals surface area contributed by atoms with Crippen LogP contribution in [0.3, 0.4) is 0 Å². The van der Waals surface area contributed by atoms with Crippen LogP contribution in [0.1, 0.15) is 34.5 Å². The Balaban J connectivity index is 0.000000169. The lowest BCUT2D eigenvalue weighted by molar-refractivity contribution is -0.392. The molecule has 0 unspecified atom stereocenters. The Morgan fingerprint density at radius 2 is 0.714 bits per heavy atom. The van der Waals surface area contributed by atoms with Gasteiger partial charge in [-0.15, -0.1) is 0 Å². The maximum atomic E-state index is 12.8. The fourth-order valence-electron chi connectivity index (χ4n) is 12.3. The lowest BCUT2D eigenvalue weighted by Gasteiger charge is -2.30. The van der Waals surface area contributed by atoms with Crippen molar-refractivity contribution in [2.45, 2.75) is 94.9 Å². The molecule has 524 valence electrons. The summed E-state index contributed by atoms with van der Waals surface area (Å²) >= 11 is 0. The minimum Gasteiger partial charge on any atom is -0.441 e. The highest BCUT2D eigenvalue weighted by Crippen LogP contribution is 2.47. The van der Waals surface area contributed by atoms with E-state index in [0.717, 1.165) is 66.9 Å². The lowest BCUT2D eigenvalue weighted by atomic mass is 9.48. The first-order valence-electron chi connectivity index (χ1n) is 34.6. The molecule has 0 amide bonds. The highest BCUT2D eigenvalue weighted by Gasteiger charge is 2.48. The second kappa shape index (κ2) is 35.8. The smallest absolute Gasteiger partial charge is 0.340 e. The van der Waals surface area contributed by atoms with Crippen molar-refractivity contribution in [1.82, 2.24) is 0 Å². The van der Waals surface area contributed by atoms with Gasteiger partial charge in [0.05, 0.1) is 59.5 Å². The van der Waals surface area contributed by atoms with Gasteiger partial charge >= 0.3 is 5.97 Å². The zero-order chi connectivity index (χ0) is 74.9. The van der Waals surface area contributed by atoms with E-state index in [9.17, 15) is 45.3 Å². The quantitative estimate of drug-likeness (QED) is 0.0291. The molecule has 0 aliphatic carbocycles. The number of hydrogen-bond donors (Lipinski definition) is 0. The van der Waals surface area contributed by atoms with Crippen LogP contribution in [0, 0.1) is 40.5 Å². The summed E-state index contributed by atoms with van der Waals surface area (Å²) in [4.78, 5) is 54.0. The number of carbonyl (C=O) groups is 1. The molecule has 0 bridgehead atoms. The van der Waals surface area contributed by atoms with Crippen molar-refractivity contribution < 1.29 is 29.2 Å². The molecule has 0 radical (unpaired) electrons. The number of rotatable bonds is 16. The number of non-ortho nitro benzene ring substituents is 3. The number of fused-ring (bicyclic) bond motifs is 4. The largest absolute Gasteiger partial charge is 0.441 e. The average Bonchev–Trinajstić information content (AvgIpc) is 1.59. The Hall–Kier alpha value is -11.9. The van der Waals surface area contributed by atoms with Gasteiger partial charge in [0, 0.05) is 57.2 Å². The molecule has 0 saturated heterocycles. The molecular formula is C81H82B6N8O10. The van der Waals surface area contributed by atoms with Crippen LogP contribution in [0.15, 0.2) is 275 Å². The summed E-state index contributed by atoms with van der Waals surface area (Å²) in [6.07, 6.45) is 0. The first-order valence-corrected chi connectivity index (χ1v) is 34.6. The predicted molar refractivity (Wildman–Crippen MR) is 440 cm³/mol. The first kappa shape index (κ1) is 78.8. The van der Waals surface area contributed by atoms with E-state index in [1.807, 2.05) is 98.6 Å². The van der Waals surface area contributed by atoms with Crippen LogP contribution in [0.4, 0.5) is 45.5 Å². The molecule has 1 heterocycles. The van der Waals surface area contributed by atoms with Gasteiger partial charge in [-0.2, -0.15) is 20.5 Å². The van der Waals surface area contributed by atoms with E-state index in [4.69, 9.17) is 4.74 Å². The Kier molecular flexibility index (Phi) is 26.9. The Bertz CT molecular complexity index is 5080. The molecule has 0 fully saturated rings. The normalized spacial score (nSPS) is 11.6. The molecule has 24 heteroatoms. The van der Waals surface area contributed by atoms with Gasteiger partial charge in [-0.05, 0) is 52.6 Å². The van der Waals surface area contributed by atoms with E-state index in [1.165, 1.54) is 46.0 Å². The van der Waals surface area contributed by atoms with Crippen molar-refractivity contribution in [2.75, 3.05) is 0 Å². The standard InChI is InChI=1S/C24H24B2O2.C18H16BN3O2.C18H17BN2.C12H11BN2O4.C8H10BNO2.CH4/c1-25(2)19-13-9-17(10-14-19)24(18-11-15-20(16-12-18)26(3)4)22-8-6-5-7-21(22)23(27)28-24;1-19(2)17-12-7-13-5-3-4-6-16(13)18(17)21-20-14-8-10-15(11-9-14)22(23)24;1-19(2)17-13-12-14-8-6-7-11-16(14)18(17)21-20-15-9-4-3-5-10-15;1-13(2)12-9-6-4-3-5-8(9)10(14(16)17)7-11(12)15(18)19;1-9(2)7-3-5-8(6-4-7)10(11)12;/h5-16H,1-4H3;3-12H,1-2H3;3-13H,1-2H3;3-7H,1-2H3;3-6H,1-2H3;1H4. The van der Waals surface area contributed by atoms with Gasteiger partial charge in [-0.3, -0.25) is 40.5 Å². The summed E-state index contributed by atoms with van der Waals surface area (Å²) in [5.74, 6) is -0.267. The van der Waals surface area contributed by atoms with Gasteiger partial charge in [0.1, 0.15) is 0 Å². The molecule has 18 nitrogen and oxygen atoms in total. The maximum Gasteiger partial charge on any atom is 0.340 e. The third kappa shape index (κ3) is 18.9. The number of esters is 1. The van der Waals surface area contributed by atoms with Crippen molar-refractivity contribution >= 4 is 157 Å². The number of nitro benzene ring substituents is 4. The molecule has 0 atom stereocenters. The minimum absolute atomic E-state index is 0. The second-order valence-electron chi connectivity index (χ2n) is 27.0. The first-order chi connectivity index (χ1) is 49.8. The fraction of sp³-hybridized carbons (Fsp3) is 0.173. The summed E-state index contributed by atoms with van der Waals surface area (Å²) < 4.78 is 6.15. The minimum atomic E-state index is -0.904. The molecule has 12 aromatic carbocycles. The number of nitro groups is 4. The van der Waals surface area contributed by atoms with Gasteiger partial charge in [0.25, 0.3) is 22.7 Å². The van der Waals surface area contributed by atoms with Crippen LogP contribution in [0.2, 0.25) is 81.9 Å². The molecule has 0 spiro atoms. The number of hydrogen-bond acceptors (Lipinski definition) is 14. The summed E-state index contributed by atoms with van der Waals surface area (Å²) in [5, 5.41) is 66.4. The topological polar surface area (TPSA) is 248 Å².